The maximum atomic E-state index is 11.0. The van der Waals surface area contributed by atoms with Gasteiger partial charge < -0.3 is 4.74 Å². The molecule has 0 aliphatic carbocycles. The third kappa shape index (κ3) is 0.808. The standard InChI is InChI=1S/C8H7NO2/c1-5-4-9-8(10)6-2-3-11-7(5)6/h2,4H,3H2,1H3. The lowest BCUT2D eigenvalue weighted by Gasteiger charge is -2.08. The molecule has 0 unspecified atom stereocenters. The molecule has 0 saturated heterocycles. The van der Waals surface area contributed by atoms with E-state index < -0.39 is 0 Å². The van der Waals surface area contributed by atoms with E-state index >= 15 is 0 Å². The fraction of sp³-hybridized carbons (Fsp3) is 0.250. The Morgan fingerprint density at radius 3 is 3.18 bits per heavy atom. The lowest BCUT2D eigenvalue weighted by Crippen LogP contribution is -2.07. The molecule has 2 heterocycles. The number of carbonyl (C=O) groups excluding carboxylic acids is 1. The highest BCUT2D eigenvalue weighted by Gasteiger charge is 2.24. The van der Waals surface area contributed by atoms with E-state index in [4.69, 9.17) is 4.74 Å². The Labute approximate surface area is 64.1 Å². The zero-order chi connectivity index (χ0) is 7.84. The van der Waals surface area contributed by atoms with Crippen molar-refractivity contribution >= 4 is 12.1 Å². The van der Waals surface area contributed by atoms with Crippen LogP contribution in [-0.2, 0) is 9.53 Å². The van der Waals surface area contributed by atoms with Crippen molar-refractivity contribution in [3.63, 3.8) is 0 Å². The normalized spacial score (nSPS) is 21.5. The van der Waals surface area contributed by atoms with Gasteiger partial charge in [-0.15, -0.1) is 0 Å². The molecule has 2 rings (SSSR count). The van der Waals surface area contributed by atoms with Gasteiger partial charge in [0.05, 0.1) is 5.57 Å². The van der Waals surface area contributed by atoms with Crippen LogP contribution in [-0.4, -0.2) is 18.7 Å². The smallest absolute Gasteiger partial charge is 0.280 e. The fourth-order valence-corrected chi connectivity index (χ4v) is 1.17. The van der Waals surface area contributed by atoms with Crippen LogP contribution in [0.15, 0.2) is 28.0 Å². The number of nitrogens with zero attached hydrogens (tertiary/aromatic N) is 1. The second-order valence-corrected chi connectivity index (χ2v) is 2.50. The number of dihydropyridines is 1. The first-order valence-corrected chi connectivity index (χ1v) is 3.41. The number of hydrogen-bond acceptors (Lipinski definition) is 2. The minimum atomic E-state index is -0.192. The monoisotopic (exact) mass is 149 g/mol. The molecule has 1 amide bonds. The molecule has 0 aromatic rings. The van der Waals surface area contributed by atoms with Crippen molar-refractivity contribution in [1.29, 1.82) is 0 Å². The van der Waals surface area contributed by atoms with Gasteiger partial charge in [-0.25, -0.2) is 4.99 Å². The number of amides is 1. The van der Waals surface area contributed by atoms with Crippen molar-refractivity contribution in [2.24, 2.45) is 4.99 Å². The number of ether oxygens (including phenoxy) is 1. The Morgan fingerprint density at radius 2 is 2.45 bits per heavy atom. The van der Waals surface area contributed by atoms with Gasteiger partial charge in [-0.1, -0.05) is 0 Å². The topological polar surface area (TPSA) is 38.7 Å². The molecule has 11 heavy (non-hydrogen) atoms. The Hall–Kier alpha value is -1.38. The molecule has 0 aromatic heterocycles. The average Bonchev–Trinajstić information content (AvgIpc) is 2.45. The molecule has 0 fully saturated rings. The van der Waals surface area contributed by atoms with Crippen molar-refractivity contribution in [3.8, 4) is 0 Å². The average molecular weight is 149 g/mol. The molecule has 0 saturated carbocycles. The number of rotatable bonds is 0. The van der Waals surface area contributed by atoms with E-state index in [1.54, 1.807) is 12.3 Å². The van der Waals surface area contributed by atoms with Crippen LogP contribution in [0.3, 0.4) is 0 Å². The van der Waals surface area contributed by atoms with Gasteiger partial charge in [-0.2, -0.15) is 0 Å². The zero-order valence-electron chi connectivity index (χ0n) is 6.13. The van der Waals surface area contributed by atoms with Crippen LogP contribution in [0.4, 0.5) is 0 Å². The van der Waals surface area contributed by atoms with Crippen LogP contribution < -0.4 is 0 Å². The fourth-order valence-electron chi connectivity index (χ4n) is 1.17. The van der Waals surface area contributed by atoms with Gasteiger partial charge in [0.2, 0.25) is 0 Å². The van der Waals surface area contributed by atoms with Gasteiger partial charge in [-0.3, -0.25) is 4.79 Å². The van der Waals surface area contributed by atoms with E-state index in [1.807, 2.05) is 6.92 Å². The summed E-state index contributed by atoms with van der Waals surface area (Å²) in [4.78, 5) is 14.7. The molecule has 0 bridgehead atoms. The maximum Gasteiger partial charge on any atom is 0.280 e. The predicted molar refractivity (Wildman–Crippen MR) is 40.2 cm³/mol. The number of carbonyl (C=O) groups is 1. The summed E-state index contributed by atoms with van der Waals surface area (Å²) in [6.07, 6.45) is 3.30. The largest absolute Gasteiger partial charge is 0.488 e. The number of allylic oxidation sites excluding steroid dienone is 1. The van der Waals surface area contributed by atoms with Gasteiger partial charge in [0, 0.05) is 11.8 Å². The van der Waals surface area contributed by atoms with Crippen molar-refractivity contribution in [3.05, 3.63) is 23.0 Å². The summed E-state index contributed by atoms with van der Waals surface area (Å²) in [5.41, 5.74) is 1.54. The number of fused-ring (bicyclic) bond motifs is 1. The molecule has 0 spiro atoms. The SMILES string of the molecule is CC1=C2OCC=C2C(=O)N=C1. The molecule has 0 aromatic carbocycles. The third-order valence-electron chi connectivity index (χ3n) is 1.72. The first-order chi connectivity index (χ1) is 5.29. The van der Waals surface area contributed by atoms with Crippen LogP contribution in [0.25, 0.3) is 0 Å². The summed E-state index contributed by atoms with van der Waals surface area (Å²) in [6, 6.07) is 0. The molecule has 2 aliphatic rings. The van der Waals surface area contributed by atoms with Crippen molar-refractivity contribution in [2.75, 3.05) is 6.61 Å². The van der Waals surface area contributed by atoms with Gasteiger partial charge in [-0.05, 0) is 13.0 Å². The molecular formula is C8H7NO2. The summed E-state index contributed by atoms with van der Waals surface area (Å²) in [5, 5.41) is 0. The molecular weight excluding hydrogens is 142 g/mol. The quantitative estimate of drug-likeness (QED) is 0.511. The summed E-state index contributed by atoms with van der Waals surface area (Å²) >= 11 is 0. The van der Waals surface area contributed by atoms with Crippen molar-refractivity contribution < 1.29 is 9.53 Å². The Bertz CT molecular complexity index is 310. The molecule has 0 atom stereocenters. The minimum Gasteiger partial charge on any atom is -0.488 e. The highest BCUT2D eigenvalue weighted by Crippen LogP contribution is 2.25. The van der Waals surface area contributed by atoms with Crippen LogP contribution in [0.1, 0.15) is 6.92 Å². The van der Waals surface area contributed by atoms with E-state index in [1.165, 1.54) is 0 Å². The van der Waals surface area contributed by atoms with Crippen LogP contribution in [0.2, 0.25) is 0 Å². The molecule has 0 radical (unpaired) electrons. The zero-order valence-corrected chi connectivity index (χ0v) is 6.13. The second-order valence-electron chi connectivity index (χ2n) is 2.50. The maximum absolute atomic E-state index is 11.0. The number of hydrogen-bond donors (Lipinski definition) is 0. The molecule has 3 nitrogen and oxygen atoms in total. The molecule has 56 valence electrons. The Kier molecular flexibility index (Phi) is 1.18. The van der Waals surface area contributed by atoms with E-state index in [-0.39, 0.29) is 5.91 Å². The summed E-state index contributed by atoms with van der Waals surface area (Å²) < 4.78 is 5.21. The van der Waals surface area contributed by atoms with Crippen LogP contribution in [0, 0.1) is 0 Å². The van der Waals surface area contributed by atoms with Gasteiger partial charge in [0.25, 0.3) is 5.91 Å². The summed E-state index contributed by atoms with van der Waals surface area (Å²) in [7, 11) is 0. The van der Waals surface area contributed by atoms with E-state index in [9.17, 15) is 4.79 Å². The van der Waals surface area contributed by atoms with E-state index in [0.29, 0.717) is 17.9 Å². The minimum absolute atomic E-state index is 0.192. The lowest BCUT2D eigenvalue weighted by atomic mass is 10.1. The predicted octanol–water partition coefficient (Wildman–Crippen LogP) is 0.828. The van der Waals surface area contributed by atoms with Gasteiger partial charge >= 0.3 is 0 Å². The van der Waals surface area contributed by atoms with Crippen LogP contribution in [0.5, 0.6) is 0 Å². The lowest BCUT2D eigenvalue weighted by molar-refractivity contribution is -0.114. The second kappa shape index (κ2) is 2.05. The first kappa shape index (κ1) is 6.34. The first-order valence-electron chi connectivity index (χ1n) is 3.41. The Balaban J connectivity index is 2.54. The molecule has 3 heteroatoms. The van der Waals surface area contributed by atoms with E-state index in [0.717, 1.165) is 5.57 Å². The van der Waals surface area contributed by atoms with Crippen molar-refractivity contribution in [2.45, 2.75) is 6.92 Å². The van der Waals surface area contributed by atoms with Crippen LogP contribution >= 0.6 is 0 Å². The highest BCUT2D eigenvalue weighted by molar-refractivity contribution is 6.08. The van der Waals surface area contributed by atoms with Gasteiger partial charge in [0.1, 0.15) is 12.4 Å². The molecule has 2 aliphatic heterocycles. The third-order valence-corrected chi connectivity index (χ3v) is 1.72. The van der Waals surface area contributed by atoms with E-state index in [2.05, 4.69) is 4.99 Å². The summed E-state index contributed by atoms with van der Waals surface area (Å²) in [6.45, 7) is 2.38. The Morgan fingerprint density at radius 1 is 1.64 bits per heavy atom. The molecule has 0 N–H and O–H groups in total. The van der Waals surface area contributed by atoms with Crippen molar-refractivity contribution in [1.82, 2.24) is 0 Å². The highest BCUT2D eigenvalue weighted by atomic mass is 16.5. The summed E-state index contributed by atoms with van der Waals surface area (Å²) in [5.74, 6) is 0.508. The van der Waals surface area contributed by atoms with Gasteiger partial charge in [0.15, 0.2) is 0 Å². The number of aliphatic imine (C=N–C) groups is 1.